The van der Waals surface area contributed by atoms with Crippen molar-refractivity contribution in [1.29, 1.82) is 0 Å². The van der Waals surface area contributed by atoms with Gasteiger partial charge in [-0.05, 0) is 29.0 Å². The molecule has 3 aromatic carbocycles. The van der Waals surface area contributed by atoms with E-state index in [1.54, 1.807) is 12.1 Å². The number of methoxy groups -OCH3 is 1. The molecule has 130 valence electrons. The zero-order valence-electron chi connectivity index (χ0n) is 13.5. The number of ether oxygens (including phenoxy) is 1. The van der Waals surface area contributed by atoms with Gasteiger partial charge in [0.15, 0.2) is 10.9 Å². The number of hydrogen-bond acceptors (Lipinski definition) is 4. The zero-order valence-corrected chi connectivity index (χ0v) is 14.4. The lowest BCUT2D eigenvalue weighted by Crippen LogP contribution is -2.13. The Balaban J connectivity index is 1.72. The van der Waals surface area contributed by atoms with Crippen LogP contribution in [-0.2, 0) is 0 Å². The second kappa shape index (κ2) is 6.34. The van der Waals surface area contributed by atoms with Crippen LogP contribution in [0.3, 0.4) is 0 Å². The maximum absolute atomic E-state index is 13.8. The number of nitrogens with zero attached hydrogens (tertiary/aromatic N) is 1. The van der Waals surface area contributed by atoms with Crippen molar-refractivity contribution in [2.45, 2.75) is 0 Å². The second-order valence-electron chi connectivity index (χ2n) is 5.61. The second-order valence-corrected chi connectivity index (χ2v) is 6.64. The molecule has 0 saturated carbocycles. The number of fused-ring (bicyclic) bond motifs is 2. The number of hydrogen-bond donors (Lipinski definition) is 1. The lowest BCUT2D eigenvalue weighted by atomic mass is 10.1. The van der Waals surface area contributed by atoms with Crippen LogP contribution < -0.4 is 10.1 Å². The van der Waals surface area contributed by atoms with Crippen molar-refractivity contribution in [1.82, 2.24) is 4.98 Å². The van der Waals surface area contributed by atoms with Crippen molar-refractivity contribution in [2.75, 3.05) is 12.4 Å². The average Bonchev–Trinajstić information content (AvgIpc) is 3.03. The standard InChI is InChI=1S/C19H12F2N2O2S/c1-25-15-7-11-5-3-2-4-10(11)6-13(15)18(24)23-19-22-17-14(21)8-12(20)9-16(17)26-19/h2-9H,1H3,(H,22,23,24). The molecule has 26 heavy (non-hydrogen) atoms. The molecule has 0 spiro atoms. The summed E-state index contributed by atoms with van der Waals surface area (Å²) in [6.45, 7) is 0. The Hall–Kier alpha value is -3.06. The van der Waals surface area contributed by atoms with Crippen molar-refractivity contribution in [2.24, 2.45) is 0 Å². The Morgan fingerprint density at radius 2 is 1.85 bits per heavy atom. The Bertz CT molecular complexity index is 1160. The predicted octanol–water partition coefficient (Wildman–Crippen LogP) is 4.99. The highest BCUT2D eigenvalue weighted by molar-refractivity contribution is 7.22. The summed E-state index contributed by atoms with van der Waals surface area (Å²) in [6, 6.07) is 13.0. The van der Waals surface area contributed by atoms with Crippen molar-refractivity contribution in [3.63, 3.8) is 0 Å². The van der Waals surface area contributed by atoms with E-state index in [0.717, 1.165) is 28.2 Å². The highest BCUT2D eigenvalue weighted by Crippen LogP contribution is 2.31. The third-order valence-electron chi connectivity index (χ3n) is 3.95. The van der Waals surface area contributed by atoms with Gasteiger partial charge in [-0.15, -0.1) is 0 Å². The number of halogens is 2. The summed E-state index contributed by atoms with van der Waals surface area (Å²) in [6.07, 6.45) is 0. The number of rotatable bonds is 3. The maximum atomic E-state index is 13.8. The number of carbonyl (C=O) groups excluding carboxylic acids is 1. The lowest BCUT2D eigenvalue weighted by molar-refractivity contribution is 0.102. The van der Waals surface area contributed by atoms with Gasteiger partial charge in [0.1, 0.15) is 17.1 Å². The van der Waals surface area contributed by atoms with Crippen LogP contribution in [0.15, 0.2) is 48.5 Å². The third-order valence-corrected chi connectivity index (χ3v) is 4.86. The SMILES string of the molecule is COc1cc2ccccc2cc1C(=O)Nc1nc2c(F)cc(F)cc2s1. The van der Waals surface area contributed by atoms with Crippen LogP contribution in [-0.4, -0.2) is 18.0 Å². The summed E-state index contributed by atoms with van der Waals surface area (Å²) in [4.78, 5) is 16.7. The van der Waals surface area contributed by atoms with E-state index >= 15 is 0 Å². The van der Waals surface area contributed by atoms with E-state index in [4.69, 9.17) is 4.74 Å². The monoisotopic (exact) mass is 370 g/mol. The fraction of sp³-hybridized carbons (Fsp3) is 0.0526. The van der Waals surface area contributed by atoms with E-state index in [2.05, 4.69) is 10.3 Å². The van der Waals surface area contributed by atoms with Gasteiger partial charge in [-0.2, -0.15) is 0 Å². The fourth-order valence-electron chi connectivity index (χ4n) is 2.74. The number of amides is 1. The van der Waals surface area contributed by atoms with E-state index in [9.17, 15) is 13.6 Å². The molecule has 1 N–H and O–H groups in total. The zero-order chi connectivity index (χ0) is 18.3. The minimum Gasteiger partial charge on any atom is -0.496 e. The molecule has 0 aliphatic heterocycles. The summed E-state index contributed by atoms with van der Waals surface area (Å²) < 4.78 is 32.7. The third kappa shape index (κ3) is 2.86. The van der Waals surface area contributed by atoms with Crippen molar-refractivity contribution in [3.05, 3.63) is 65.7 Å². The van der Waals surface area contributed by atoms with Gasteiger partial charge in [0, 0.05) is 6.07 Å². The van der Waals surface area contributed by atoms with Gasteiger partial charge < -0.3 is 4.74 Å². The van der Waals surface area contributed by atoms with E-state index in [0.29, 0.717) is 16.0 Å². The van der Waals surface area contributed by atoms with E-state index < -0.39 is 17.5 Å². The summed E-state index contributed by atoms with van der Waals surface area (Å²) in [7, 11) is 1.48. The molecule has 4 aromatic rings. The Morgan fingerprint density at radius 3 is 2.58 bits per heavy atom. The Kier molecular flexibility index (Phi) is 4.00. The molecular weight excluding hydrogens is 358 g/mol. The number of carbonyl (C=O) groups is 1. The first kappa shape index (κ1) is 16.4. The molecule has 0 bridgehead atoms. The van der Waals surface area contributed by atoms with Gasteiger partial charge in [0.25, 0.3) is 5.91 Å². The molecule has 1 amide bonds. The molecule has 0 radical (unpaired) electrons. The summed E-state index contributed by atoms with van der Waals surface area (Å²) in [5, 5.41) is 4.65. The molecular formula is C19H12F2N2O2S. The molecule has 7 heteroatoms. The first-order valence-corrected chi connectivity index (χ1v) is 8.50. The summed E-state index contributed by atoms with van der Waals surface area (Å²) >= 11 is 1.00. The molecule has 0 unspecified atom stereocenters. The molecule has 4 nitrogen and oxygen atoms in total. The molecule has 0 fully saturated rings. The normalized spacial score (nSPS) is 11.0. The molecule has 0 aliphatic carbocycles. The summed E-state index contributed by atoms with van der Waals surface area (Å²) in [5.41, 5.74) is 0.356. The molecule has 0 atom stereocenters. The Morgan fingerprint density at radius 1 is 1.12 bits per heavy atom. The van der Waals surface area contributed by atoms with Gasteiger partial charge in [0.05, 0.1) is 17.4 Å². The quantitative estimate of drug-likeness (QED) is 0.553. The first-order valence-electron chi connectivity index (χ1n) is 7.69. The average molecular weight is 370 g/mol. The van der Waals surface area contributed by atoms with Gasteiger partial charge in [-0.3, -0.25) is 10.1 Å². The molecule has 0 aliphatic rings. The fourth-order valence-corrected chi connectivity index (χ4v) is 3.64. The topological polar surface area (TPSA) is 51.2 Å². The predicted molar refractivity (Wildman–Crippen MR) is 98.0 cm³/mol. The van der Waals surface area contributed by atoms with E-state index in [1.165, 1.54) is 13.2 Å². The van der Waals surface area contributed by atoms with Gasteiger partial charge in [-0.25, -0.2) is 13.8 Å². The summed E-state index contributed by atoms with van der Waals surface area (Å²) in [5.74, 6) is -1.47. The van der Waals surface area contributed by atoms with Gasteiger partial charge in [0.2, 0.25) is 0 Å². The number of aromatic nitrogens is 1. The molecule has 1 heterocycles. The highest BCUT2D eigenvalue weighted by atomic mass is 32.1. The van der Waals surface area contributed by atoms with Crippen molar-refractivity contribution >= 4 is 43.4 Å². The van der Waals surface area contributed by atoms with Crippen LogP contribution >= 0.6 is 11.3 Å². The number of benzene rings is 3. The van der Waals surface area contributed by atoms with Gasteiger partial charge >= 0.3 is 0 Å². The lowest BCUT2D eigenvalue weighted by Gasteiger charge is -2.09. The van der Waals surface area contributed by atoms with E-state index in [1.807, 2.05) is 24.3 Å². The van der Waals surface area contributed by atoms with Crippen LogP contribution in [0, 0.1) is 11.6 Å². The van der Waals surface area contributed by atoms with Gasteiger partial charge in [-0.1, -0.05) is 35.6 Å². The van der Waals surface area contributed by atoms with E-state index in [-0.39, 0.29) is 10.6 Å². The van der Waals surface area contributed by atoms with Crippen LogP contribution in [0.25, 0.3) is 21.0 Å². The molecule has 0 saturated heterocycles. The van der Waals surface area contributed by atoms with Crippen LogP contribution in [0.1, 0.15) is 10.4 Å². The molecule has 4 rings (SSSR count). The smallest absolute Gasteiger partial charge is 0.261 e. The first-order chi connectivity index (χ1) is 12.5. The van der Waals surface area contributed by atoms with Crippen molar-refractivity contribution < 1.29 is 18.3 Å². The van der Waals surface area contributed by atoms with Crippen molar-refractivity contribution in [3.8, 4) is 5.75 Å². The van der Waals surface area contributed by atoms with Crippen LogP contribution in [0.5, 0.6) is 5.75 Å². The van der Waals surface area contributed by atoms with Crippen LogP contribution in [0.4, 0.5) is 13.9 Å². The highest BCUT2D eigenvalue weighted by Gasteiger charge is 2.17. The minimum atomic E-state index is -0.764. The Labute approximate surface area is 151 Å². The minimum absolute atomic E-state index is 0.0252. The number of thiazole rings is 1. The largest absolute Gasteiger partial charge is 0.496 e. The van der Waals surface area contributed by atoms with Crippen LogP contribution in [0.2, 0.25) is 0 Å². The molecule has 1 aromatic heterocycles. The number of anilines is 1. The maximum Gasteiger partial charge on any atom is 0.261 e. The number of nitrogens with one attached hydrogen (secondary N) is 1.